The van der Waals surface area contributed by atoms with E-state index < -0.39 is 5.97 Å². The molecule has 20 heavy (non-hydrogen) atoms. The highest BCUT2D eigenvalue weighted by atomic mass is 16.5. The van der Waals surface area contributed by atoms with Crippen LogP contribution in [-0.4, -0.2) is 46.7 Å². The van der Waals surface area contributed by atoms with E-state index in [1.165, 1.54) is 4.90 Å². The minimum Gasteiger partial charge on any atom is -0.480 e. The first-order valence-electron chi connectivity index (χ1n) is 6.24. The fourth-order valence-electron chi connectivity index (χ4n) is 1.56. The molecule has 0 radical (unpaired) electrons. The van der Waals surface area contributed by atoms with E-state index in [9.17, 15) is 9.59 Å². The Labute approximate surface area is 117 Å². The zero-order valence-electron chi connectivity index (χ0n) is 11.6. The average molecular weight is 281 g/mol. The van der Waals surface area contributed by atoms with Crippen molar-refractivity contribution >= 4 is 17.8 Å². The van der Waals surface area contributed by atoms with Crippen molar-refractivity contribution in [1.82, 2.24) is 10.1 Å². The van der Waals surface area contributed by atoms with Gasteiger partial charge in [0.15, 0.2) is 0 Å². The molecule has 0 atom stereocenters. The second kappa shape index (κ2) is 7.44. The number of aromatic nitrogens is 1. The molecule has 0 saturated heterocycles. The zero-order valence-corrected chi connectivity index (χ0v) is 11.6. The van der Waals surface area contributed by atoms with Crippen LogP contribution < -0.4 is 5.32 Å². The van der Waals surface area contributed by atoms with E-state index >= 15 is 0 Å². The van der Waals surface area contributed by atoms with Crippen LogP contribution in [0.1, 0.15) is 25.5 Å². The summed E-state index contributed by atoms with van der Waals surface area (Å²) < 4.78 is 4.98. The van der Waals surface area contributed by atoms with Gasteiger partial charge in [-0.15, -0.1) is 6.58 Å². The second-order valence-corrected chi connectivity index (χ2v) is 4.67. The third-order valence-corrected chi connectivity index (χ3v) is 2.50. The normalized spacial score (nSPS) is 10.8. The maximum absolute atomic E-state index is 11.8. The Hall–Kier alpha value is -2.15. The van der Waals surface area contributed by atoms with Gasteiger partial charge in [0.2, 0.25) is 11.8 Å². The second-order valence-electron chi connectivity index (χ2n) is 4.67. The highest BCUT2D eigenvalue weighted by Crippen LogP contribution is 2.17. The molecule has 0 aliphatic heterocycles. The van der Waals surface area contributed by atoms with Gasteiger partial charge in [-0.1, -0.05) is 25.1 Å². The number of anilines is 1. The highest BCUT2D eigenvalue weighted by Gasteiger charge is 2.15. The quantitative estimate of drug-likeness (QED) is 0.697. The Morgan fingerprint density at radius 3 is 2.75 bits per heavy atom. The van der Waals surface area contributed by atoms with Gasteiger partial charge in [0.25, 0.3) is 0 Å². The Balaban J connectivity index is 2.55. The van der Waals surface area contributed by atoms with Gasteiger partial charge < -0.3 is 9.63 Å². The molecule has 0 bridgehead atoms. The molecule has 0 fully saturated rings. The number of hydrogen-bond acceptors (Lipinski definition) is 5. The standard InChI is InChI=1S/C13H19N3O4/c1-4-5-16(8-13(18)19)7-11(17)14-12-6-10(9(2)3)15-20-12/h4,6,9H,1,5,7-8H2,2-3H3,(H,14,17)(H,18,19). The van der Waals surface area contributed by atoms with Gasteiger partial charge in [-0.05, 0) is 5.92 Å². The number of hydrogen-bond donors (Lipinski definition) is 2. The van der Waals surface area contributed by atoms with Gasteiger partial charge >= 0.3 is 5.97 Å². The summed E-state index contributed by atoms with van der Waals surface area (Å²) in [5.74, 6) is -0.901. The minimum absolute atomic E-state index is 0.0595. The lowest BCUT2D eigenvalue weighted by atomic mass is 10.1. The third kappa shape index (κ3) is 5.23. The van der Waals surface area contributed by atoms with Gasteiger partial charge in [-0.2, -0.15) is 0 Å². The average Bonchev–Trinajstić information content (AvgIpc) is 2.76. The van der Waals surface area contributed by atoms with Crippen molar-refractivity contribution in [1.29, 1.82) is 0 Å². The van der Waals surface area contributed by atoms with Gasteiger partial charge in [0, 0.05) is 12.6 Å². The summed E-state index contributed by atoms with van der Waals surface area (Å²) >= 11 is 0. The molecule has 1 heterocycles. The van der Waals surface area contributed by atoms with Crippen molar-refractivity contribution < 1.29 is 19.2 Å². The summed E-state index contributed by atoms with van der Waals surface area (Å²) in [6.07, 6.45) is 1.54. The lowest BCUT2D eigenvalue weighted by Crippen LogP contribution is -2.36. The van der Waals surface area contributed by atoms with Gasteiger partial charge in [-0.25, -0.2) is 0 Å². The maximum Gasteiger partial charge on any atom is 0.317 e. The molecule has 0 unspecified atom stereocenters. The molecule has 1 rings (SSSR count). The first-order valence-corrected chi connectivity index (χ1v) is 6.24. The van der Waals surface area contributed by atoms with Crippen LogP contribution in [0.25, 0.3) is 0 Å². The largest absolute Gasteiger partial charge is 0.480 e. The number of nitrogens with one attached hydrogen (secondary N) is 1. The summed E-state index contributed by atoms with van der Waals surface area (Å²) in [6, 6.07) is 1.65. The van der Waals surface area contributed by atoms with E-state index in [1.807, 2.05) is 13.8 Å². The number of carboxylic acid groups (broad SMARTS) is 1. The molecule has 0 spiro atoms. The molecule has 0 aromatic carbocycles. The molecule has 7 nitrogen and oxygen atoms in total. The smallest absolute Gasteiger partial charge is 0.317 e. The summed E-state index contributed by atoms with van der Waals surface area (Å²) in [5.41, 5.74) is 0.744. The first-order chi connectivity index (χ1) is 9.42. The van der Waals surface area contributed by atoms with Crippen LogP contribution in [0.2, 0.25) is 0 Å². The Morgan fingerprint density at radius 1 is 1.55 bits per heavy atom. The number of rotatable bonds is 8. The molecule has 0 aliphatic carbocycles. The fraction of sp³-hybridized carbons (Fsp3) is 0.462. The van der Waals surface area contributed by atoms with Crippen molar-refractivity contribution in [2.45, 2.75) is 19.8 Å². The Kier molecular flexibility index (Phi) is 5.92. The van der Waals surface area contributed by atoms with Crippen molar-refractivity contribution in [3.8, 4) is 0 Å². The third-order valence-electron chi connectivity index (χ3n) is 2.50. The molecule has 2 N–H and O–H groups in total. The van der Waals surface area contributed by atoms with Crippen LogP contribution in [0.4, 0.5) is 5.88 Å². The number of nitrogens with zero attached hydrogens (tertiary/aromatic N) is 2. The fourth-order valence-corrected chi connectivity index (χ4v) is 1.56. The molecule has 110 valence electrons. The van der Waals surface area contributed by atoms with E-state index in [1.54, 1.807) is 12.1 Å². The Bertz CT molecular complexity index is 482. The van der Waals surface area contributed by atoms with Crippen LogP contribution >= 0.6 is 0 Å². The summed E-state index contributed by atoms with van der Waals surface area (Å²) in [7, 11) is 0. The number of carboxylic acids is 1. The number of carbonyl (C=O) groups excluding carboxylic acids is 1. The molecule has 1 aromatic rings. The molecule has 7 heteroatoms. The lowest BCUT2D eigenvalue weighted by molar-refractivity contribution is -0.138. The number of carbonyl (C=O) groups is 2. The van der Waals surface area contributed by atoms with Crippen molar-refractivity contribution in [3.05, 3.63) is 24.4 Å². The van der Waals surface area contributed by atoms with Crippen molar-refractivity contribution in [2.24, 2.45) is 0 Å². The molecule has 0 aliphatic rings. The summed E-state index contributed by atoms with van der Waals surface area (Å²) in [6.45, 7) is 7.47. The van der Waals surface area contributed by atoms with Crippen molar-refractivity contribution in [3.63, 3.8) is 0 Å². The molecule has 1 amide bonds. The SMILES string of the molecule is C=CCN(CC(=O)O)CC(=O)Nc1cc(C(C)C)no1. The molecular formula is C13H19N3O4. The minimum atomic E-state index is -0.999. The van der Waals surface area contributed by atoms with Crippen molar-refractivity contribution in [2.75, 3.05) is 25.0 Å². The van der Waals surface area contributed by atoms with Gasteiger partial charge in [-0.3, -0.25) is 19.8 Å². The van der Waals surface area contributed by atoms with E-state index in [0.717, 1.165) is 5.69 Å². The van der Waals surface area contributed by atoms with Crippen LogP contribution in [0, 0.1) is 0 Å². The summed E-state index contributed by atoms with van der Waals surface area (Å²) in [5, 5.41) is 15.1. The predicted octanol–water partition coefficient (Wildman–Crippen LogP) is 1.31. The van der Waals surface area contributed by atoms with Crippen LogP contribution in [0.3, 0.4) is 0 Å². The Morgan fingerprint density at radius 2 is 2.25 bits per heavy atom. The maximum atomic E-state index is 11.8. The van der Waals surface area contributed by atoms with E-state index in [0.29, 0.717) is 6.54 Å². The van der Waals surface area contributed by atoms with Gasteiger partial charge in [0.05, 0.1) is 18.8 Å². The van der Waals surface area contributed by atoms with Crippen LogP contribution in [0.5, 0.6) is 0 Å². The predicted molar refractivity (Wildman–Crippen MR) is 73.5 cm³/mol. The van der Waals surface area contributed by atoms with Crippen LogP contribution in [-0.2, 0) is 9.59 Å². The molecular weight excluding hydrogens is 262 g/mol. The molecule has 0 saturated carbocycles. The first kappa shape index (κ1) is 15.9. The van der Waals surface area contributed by atoms with Gasteiger partial charge in [0.1, 0.15) is 0 Å². The lowest BCUT2D eigenvalue weighted by Gasteiger charge is -2.16. The monoisotopic (exact) mass is 281 g/mol. The number of amides is 1. The summed E-state index contributed by atoms with van der Waals surface area (Å²) in [4.78, 5) is 23.9. The van der Waals surface area contributed by atoms with E-state index in [2.05, 4.69) is 17.1 Å². The van der Waals surface area contributed by atoms with Crippen LogP contribution in [0.15, 0.2) is 23.2 Å². The zero-order chi connectivity index (χ0) is 15.1. The number of aliphatic carboxylic acids is 1. The molecule has 1 aromatic heterocycles. The topological polar surface area (TPSA) is 95.7 Å². The van der Waals surface area contributed by atoms with E-state index in [4.69, 9.17) is 9.63 Å². The highest BCUT2D eigenvalue weighted by molar-refractivity contribution is 5.91. The van der Waals surface area contributed by atoms with E-state index in [-0.39, 0.29) is 30.8 Å².